The number of amides is 1. The molecule has 10 heteroatoms. The zero-order chi connectivity index (χ0) is 30.3. The molecule has 10 atom stereocenters. The molecule has 0 aromatic carbocycles. The van der Waals surface area contributed by atoms with Crippen molar-refractivity contribution in [1.82, 2.24) is 5.32 Å². The average molecular weight is 568 g/mol. The van der Waals surface area contributed by atoms with Crippen LogP contribution in [-0.2, 0) is 19.0 Å². The summed E-state index contributed by atoms with van der Waals surface area (Å²) in [6.45, 7) is 10.7. The van der Waals surface area contributed by atoms with Gasteiger partial charge in [0.2, 0.25) is 0 Å². The summed E-state index contributed by atoms with van der Waals surface area (Å²) in [6, 6.07) is 0. The van der Waals surface area contributed by atoms with Crippen molar-refractivity contribution in [3.63, 3.8) is 0 Å². The van der Waals surface area contributed by atoms with Crippen LogP contribution in [0.2, 0.25) is 0 Å². The molecule has 1 amide bonds. The molecular formula is C30H49NO9. The molecule has 2 heterocycles. The smallest absolute Gasteiger partial charge is 0.407 e. The Morgan fingerprint density at radius 2 is 2.05 bits per heavy atom. The molecule has 10 unspecified atom stereocenters. The summed E-state index contributed by atoms with van der Waals surface area (Å²) < 4.78 is 16.8. The topological polar surface area (TPSA) is 158 Å². The van der Waals surface area contributed by atoms with E-state index in [2.05, 4.69) is 5.32 Å². The van der Waals surface area contributed by atoms with E-state index in [0.717, 1.165) is 0 Å². The third kappa shape index (κ3) is 10.3. The van der Waals surface area contributed by atoms with Crippen molar-refractivity contribution >= 4 is 12.1 Å². The monoisotopic (exact) mass is 567 g/mol. The van der Waals surface area contributed by atoms with Crippen LogP contribution in [-0.4, -0.2) is 87.4 Å². The van der Waals surface area contributed by atoms with Crippen LogP contribution in [0.1, 0.15) is 73.6 Å². The van der Waals surface area contributed by atoms with E-state index in [1.54, 1.807) is 44.2 Å². The summed E-state index contributed by atoms with van der Waals surface area (Å²) in [5, 5.41) is 44.7. The molecule has 5 N–H and O–H groups in total. The number of epoxide rings is 1. The van der Waals surface area contributed by atoms with E-state index in [-0.39, 0.29) is 43.3 Å². The molecule has 0 aromatic heterocycles. The van der Waals surface area contributed by atoms with Crippen LogP contribution in [0.15, 0.2) is 36.0 Å². The number of esters is 1. The maximum atomic E-state index is 12.6. The minimum absolute atomic E-state index is 0.00850. The van der Waals surface area contributed by atoms with Gasteiger partial charge in [-0.25, -0.2) is 4.79 Å². The van der Waals surface area contributed by atoms with Crippen molar-refractivity contribution in [1.29, 1.82) is 0 Å². The lowest BCUT2D eigenvalue weighted by molar-refractivity contribution is -0.151. The number of aliphatic hydroxyl groups excluding tert-OH is 2. The first kappa shape index (κ1) is 34.0. The molecule has 2 rings (SSSR count). The van der Waals surface area contributed by atoms with E-state index in [4.69, 9.17) is 14.2 Å². The van der Waals surface area contributed by atoms with Crippen molar-refractivity contribution in [2.24, 2.45) is 11.8 Å². The molecule has 0 bridgehead atoms. The summed E-state index contributed by atoms with van der Waals surface area (Å²) in [5.74, 6) is -0.949. The van der Waals surface area contributed by atoms with E-state index in [9.17, 15) is 30.0 Å². The van der Waals surface area contributed by atoms with Gasteiger partial charge in [-0.15, -0.1) is 0 Å². The first-order chi connectivity index (χ1) is 18.6. The summed E-state index contributed by atoms with van der Waals surface area (Å²) in [6.07, 6.45) is 5.31. The average Bonchev–Trinajstić information content (AvgIpc) is 3.64. The summed E-state index contributed by atoms with van der Waals surface area (Å²) in [5.41, 5.74) is -1.93. The minimum Gasteiger partial charge on any atom is -0.457 e. The van der Waals surface area contributed by atoms with Gasteiger partial charge >= 0.3 is 12.1 Å². The molecule has 0 aromatic rings. The Kier molecular flexibility index (Phi) is 12.4. The molecule has 0 radical (unpaired) electrons. The standard InChI is InChI=1S/C30H49NO9/c1-8-22(33)20(4)27-23(38-27)17-29(5,36)14-9-10-18(2)26-19(3)11-12-24(39-28(35)31-7)30(6,37)15-13-21(32)16-25(34)40-26/h9-12,14,19-24,26-27,32-33,36-37H,8,13,15-17H2,1-7H3,(H,31,35)/b12-11+,14-9+,18-10+. The van der Waals surface area contributed by atoms with E-state index >= 15 is 0 Å². The number of ether oxygens (including phenoxy) is 3. The minimum atomic E-state index is -1.47. The Bertz CT molecular complexity index is 941. The molecule has 40 heavy (non-hydrogen) atoms. The van der Waals surface area contributed by atoms with Gasteiger partial charge in [0.05, 0.1) is 36.4 Å². The largest absolute Gasteiger partial charge is 0.457 e. The molecule has 1 saturated heterocycles. The van der Waals surface area contributed by atoms with Gasteiger partial charge in [-0.1, -0.05) is 45.1 Å². The number of hydrogen-bond acceptors (Lipinski definition) is 9. The Morgan fingerprint density at radius 1 is 1.38 bits per heavy atom. The Morgan fingerprint density at radius 3 is 2.67 bits per heavy atom. The SMILES string of the molecule is CCC(O)C(C)C1OC1CC(C)(O)/C=C/C=C(\C)C1OC(=O)CC(O)CCC(C)(O)C(OC(=O)NC)/C=C/C1C. The van der Waals surface area contributed by atoms with Gasteiger partial charge in [0.25, 0.3) is 0 Å². The lowest BCUT2D eigenvalue weighted by Gasteiger charge is -2.32. The molecule has 228 valence electrons. The number of aliphatic hydroxyl groups is 4. The number of hydrogen-bond donors (Lipinski definition) is 5. The van der Waals surface area contributed by atoms with Gasteiger partial charge in [-0.2, -0.15) is 0 Å². The number of nitrogens with one attached hydrogen (secondary N) is 1. The van der Waals surface area contributed by atoms with Crippen molar-refractivity contribution < 1.29 is 44.2 Å². The molecule has 10 nitrogen and oxygen atoms in total. The lowest BCUT2D eigenvalue weighted by Crippen LogP contribution is -2.43. The molecule has 0 saturated carbocycles. The summed E-state index contributed by atoms with van der Waals surface area (Å²) >= 11 is 0. The van der Waals surface area contributed by atoms with Gasteiger partial charge in [-0.05, 0) is 51.7 Å². The van der Waals surface area contributed by atoms with Gasteiger partial charge in [0.15, 0.2) is 6.10 Å². The fourth-order valence-corrected chi connectivity index (χ4v) is 4.98. The maximum absolute atomic E-state index is 12.6. The van der Waals surface area contributed by atoms with E-state index in [0.29, 0.717) is 18.4 Å². The second-order valence-corrected chi connectivity index (χ2v) is 11.8. The molecule has 0 aliphatic carbocycles. The quantitative estimate of drug-likeness (QED) is 0.122. The van der Waals surface area contributed by atoms with Crippen LogP contribution in [0.4, 0.5) is 4.79 Å². The number of carbonyl (C=O) groups is 2. The highest BCUT2D eigenvalue weighted by molar-refractivity contribution is 5.70. The third-order valence-electron chi connectivity index (χ3n) is 7.81. The highest BCUT2D eigenvalue weighted by atomic mass is 16.6. The zero-order valence-electron chi connectivity index (χ0n) is 24.9. The zero-order valence-corrected chi connectivity index (χ0v) is 24.9. The normalized spacial score (nSPS) is 35.9. The van der Waals surface area contributed by atoms with Gasteiger partial charge < -0.3 is 40.0 Å². The predicted molar refractivity (Wildman–Crippen MR) is 150 cm³/mol. The maximum Gasteiger partial charge on any atom is 0.407 e. The van der Waals surface area contributed by atoms with Crippen LogP contribution < -0.4 is 5.32 Å². The van der Waals surface area contributed by atoms with E-state index in [1.807, 2.05) is 20.8 Å². The van der Waals surface area contributed by atoms with Gasteiger partial charge in [0.1, 0.15) is 11.7 Å². The van der Waals surface area contributed by atoms with Crippen LogP contribution in [0.25, 0.3) is 0 Å². The van der Waals surface area contributed by atoms with Crippen molar-refractivity contribution in [3.8, 4) is 0 Å². The highest BCUT2D eigenvalue weighted by Gasteiger charge is 2.47. The molecule has 0 spiro atoms. The van der Waals surface area contributed by atoms with E-state index in [1.165, 1.54) is 14.0 Å². The van der Waals surface area contributed by atoms with Gasteiger partial charge in [-0.3, -0.25) is 4.79 Å². The molecule has 2 aliphatic heterocycles. The molecule has 1 fully saturated rings. The van der Waals surface area contributed by atoms with Crippen LogP contribution in [0.3, 0.4) is 0 Å². The Hall–Kier alpha value is -2.24. The van der Waals surface area contributed by atoms with Crippen LogP contribution in [0.5, 0.6) is 0 Å². The van der Waals surface area contributed by atoms with Crippen LogP contribution in [0, 0.1) is 11.8 Å². The lowest BCUT2D eigenvalue weighted by atomic mass is 9.88. The second-order valence-electron chi connectivity index (χ2n) is 11.8. The van der Waals surface area contributed by atoms with Gasteiger partial charge in [0, 0.05) is 25.3 Å². The number of allylic oxidation sites excluding steroid dienone is 2. The molecular weight excluding hydrogens is 518 g/mol. The predicted octanol–water partition coefficient (Wildman–Crippen LogP) is 2.93. The number of alkyl carbamates (subject to hydrolysis) is 1. The summed E-state index contributed by atoms with van der Waals surface area (Å²) in [4.78, 5) is 24.5. The fraction of sp³-hybridized carbons (Fsp3) is 0.733. The molecule has 2 aliphatic rings. The third-order valence-corrected chi connectivity index (χ3v) is 7.81. The van der Waals surface area contributed by atoms with Crippen molar-refractivity contribution in [2.45, 2.75) is 121 Å². The number of cyclic esters (lactones) is 1. The van der Waals surface area contributed by atoms with Crippen molar-refractivity contribution in [2.75, 3.05) is 7.05 Å². The first-order valence-corrected chi connectivity index (χ1v) is 14.2. The number of carbonyl (C=O) groups excluding carboxylic acids is 2. The van der Waals surface area contributed by atoms with Crippen molar-refractivity contribution in [3.05, 3.63) is 36.0 Å². The highest BCUT2D eigenvalue weighted by Crippen LogP contribution is 2.37. The Labute approximate surface area is 238 Å². The fourth-order valence-electron chi connectivity index (χ4n) is 4.98. The number of rotatable bonds is 9. The van der Waals surface area contributed by atoms with Crippen LogP contribution >= 0.6 is 0 Å². The van der Waals surface area contributed by atoms with E-state index < -0.39 is 47.7 Å². The first-order valence-electron chi connectivity index (χ1n) is 14.2. The Balaban J connectivity index is 2.19. The summed E-state index contributed by atoms with van der Waals surface area (Å²) in [7, 11) is 1.42. The second kappa shape index (κ2) is 14.6.